The molecule has 0 unspecified atom stereocenters. The number of aromatic nitrogens is 4. The van der Waals surface area contributed by atoms with Gasteiger partial charge in [0.2, 0.25) is 11.9 Å². The lowest BCUT2D eigenvalue weighted by atomic mass is 9.88. The maximum absolute atomic E-state index is 12.0. The molecular weight excluding hydrogens is 464 g/mol. The number of aliphatic hydroxyl groups excluding tert-OH is 1. The normalized spacial score (nSPS) is 14.9. The number of hydrogen-bond acceptors (Lipinski definition) is 6. The summed E-state index contributed by atoms with van der Waals surface area (Å²) in [5.41, 5.74) is 6.99. The summed E-state index contributed by atoms with van der Waals surface area (Å²) in [6.07, 6.45) is 3.35. The molecule has 2 aromatic carbocycles. The summed E-state index contributed by atoms with van der Waals surface area (Å²) in [5, 5.41) is 20.7. The number of nitrogens with zero attached hydrogens (tertiary/aromatic N) is 4. The first-order chi connectivity index (χ1) is 18.0. The number of nitrogens with one attached hydrogen (secondary N) is 2. The predicted octanol–water partition coefficient (Wildman–Crippen LogP) is 4.71. The van der Waals surface area contributed by atoms with Crippen molar-refractivity contribution in [3.63, 3.8) is 0 Å². The van der Waals surface area contributed by atoms with E-state index in [9.17, 15) is 9.90 Å². The number of aromatic amines is 1. The van der Waals surface area contributed by atoms with Crippen molar-refractivity contribution in [2.45, 2.75) is 38.6 Å². The second-order valence-electron chi connectivity index (χ2n) is 9.58. The van der Waals surface area contributed by atoms with Crippen LogP contribution < -0.4 is 5.32 Å². The minimum atomic E-state index is -0.449. The molecular formula is C29H32N6O2. The van der Waals surface area contributed by atoms with Gasteiger partial charge in [0.05, 0.1) is 11.7 Å². The Kier molecular flexibility index (Phi) is 7.28. The average molecular weight is 497 g/mol. The van der Waals surface area contributed by atoms with Crippen LogP contribution in [0.15, 0.2) is 66.9 Å². The predicted molar refractivity (Wildman–Crippen MR) is 144 cm³/mol. The van der Waals surface area contributed by atoms with Crippen molar-refractivity contribution in [3.05, 3.63) is 83.7 Å². The minimum absolute atomic E-state index is 0.0465. The first kappa shape index (κ1) is 24.6. The molecule has 8 heteroatoms. The van der Waals surface area contributed by atoms with Gasteiger partial charge in [-0.25, -0.2) is 9.97 Å². The lowest BCUT2D eigenvalue weighted by Gasteiger charge is -2.31. The number of H-pyrrole nitrogens is 1. The Bertz CT molecular complexity index is 1340. The van der Waals surface area contributed by atoms with Crippen molar-refractivity contribution >= 4 is 11.9 Å². The third-order valence-electron chi connectivity index (χ3n) is 7.07. The van der Waals surface area contributed by atoms with Crippen molar-refractivity contribution in [1.29, 1.82) is 0 Å². The van der Waals surface area contributed by atoms with E-state index in [1.54, 1.807) is 11.1 Å². The number of carbonyl (C=O) groups excluding carboxylic acids is 1. The molecule has 37 heavy (non-hydrogen) atoms. The Morgan fingerprint density at radius 2 is 1.84 bits per heavy atom. The van der Waals surface area contributed by atoms with E-state index in [1.807, 2.05) is 24.3 Å². The Morgan fingerprint density at radius 1 is 1.11 bits per heavy atom. The van der Waals surface area contributed by atoms with Crippen molar-refractivity contribution < 1.29 is 9.90 Å². The van der Waals surface area contributed by atoms with E-state index in [-0.39, 0.29) is 17.9 Å². The van der Waals surface area contributed by atoms with E-state index in [2.05, 4.69) is 65.6 Å². The molecule has 1 atom stereocenters. The fourth-order valence-electron chi connectivity index (χ4n) is 4.93. The van der Waals surface area contributed by atoms with E-state index in [4.69, 9.17) is 10.1 Å². The lowest BCUT2D eigenvalue weighted by Crippen LogP contribution is -2.39. The second kappa shape index (κ2) is 10.9. The van der Waals surface area contributed by atoms with Crippen molar-refractivity contribution in [2.24, 2.45) is 0 Å². The number of rotatable bonds is 7. The van der Waals surface area contributed by atoms with Crippen LogP contribution in [0.2, 0.25) is 0 Å². The first-order valence-electron chi connectivity index (χ1n) is 12.7. The molecule has 4 aromatic rings. The number of likely N-dealkylation sites (tertiary alicyclic amines) is 1. The standard InChI is InChI=1S/C29H32N6O2/c1-19-8-10-22(11-9-19)27-26(28(34-33-27)23-13-16-35(17-14-23)25(37)18-36)24-12-15-30-29(32-24)31-20(2)21-6-4-3-5-7-21/h3-12,15,20,23,36H,13-14,16-18H2,1-2H3,(H,33,34)(H,30,31,32)/t20-/m1/s1. The second-order valence-corrected chi connectivity index (χ2v) is 9.58. The number of aliphatic hydroxyl groups is 1. The Morgan fingerprint density at radius 3 is 2.54 bits per heavy atom. The number of anilines is 1. The van der Waals surface area contributed by atoms with Gasteiger partial charge in [-0.3, -0.25) is 9.89 Å². The monoisotopic (exact) mass is 496 g/mol. The molecule has 1 aliphatic heterocycles. The minimum Gasteiger partial charge on any atom is -0.387 e. The fourth-order valence-corrected chi connectivity index (χ4v) is 4.93. The highest BCUT2D eigenvalue weighted by atomic mass is 16.3. The largest absolute Gasteiger partial charge is 0.387 e. The van der Waals surface area contributed by atoms with Crippen LogP contribution >= 0.6 is 0 Å². The maximum atomic E-state index is 12.0. The Labute approximate surface area is 216 Å². The molecule has 190 valence electrons. The molecule has 1 amide bonds. The first-order valence-corrected chi connectivity index (χ1v) is 12.7. The van der Waals surface area contributed by atoms with Crippen molar-refractivity contribution in [2.75, 3.05) is 25.0 Å². The topological polar surface area (TPSA) is 107 Å². The smallest absolute Gasteiger partial charge is 0.248 e. The number of aryl methyl sites for hydroxylation is 1. The molecule has 0 bridgehead atoms. The van der Waals surface area contributed by atoms with E-state index < -0.39 is 6.61 Å². The fraction of sp³-hybridized carbons (Fsp3) is 0.310. The molecule has 3 heterocycles. The highest BCUT2D eigenvalue weighted by Gasteiger charge is 2.29. The zero-order valence-electron chi connectivity index (χ0n) is 21.2. The third kappa shape index (κ3) is 5.39. The molecule has 2 aromatic heterocycles. The summed E-state index contributed by atoms with van der Waals surface area (Å²) < 4.78 is 0. The van der Waals surface area contributed by atoms with Gasteiger partial charge in [-0.05, 0) is 38.3 Å². The van der Waals surface area contributed by atoms with Crippen LogP contribution in [0.1, 0.15) is 48.5 Å². The molecule has 3 N–H and O–H groups in total. The van der Waals surface area contributed by atoms with E-state index in [0.29, 0.717) is 19.0 Å². The van der Waals surface area contributed by atoms with Gasteiger partial charge in [0.1, 0.15) is 12.3 Å². The van der Waals surface area contributed by atoms with Gasteiger partial charge in [0.15, 0.2) is 0 Å². The van der Waals surface area contributed by atoms with Gasteiger partial charge in [-0.1, -0.05) is 60.2 Å². The van der Waals surface area contributed by atoms with Gasteiger partial charge < -0.3 is 15.3 Å². The summed E-state index contributed by atoms with van der Waals surface area (Å²) in [4.78, 5) is 23.1. The van der Waals surface area contributed by atoms with Gasteiger partial charge in [-0.15, -0.1) is 0 Å². The lowest BCUT2D eigenvalue weighted by molar-refractivity contribution is -0.135. The van der Waals surface area contributed by atoms with Gasteiger partial charge in [0, 0.05) is 42.0 Å². The van der Waals surface area contributed by atoms with Crippen LogP contribution in [0.4, 0.5) is 5.95 Å². The van der Waals surface area contributed by atoms with Gasteiger partial charge in [-0.2, -0.15) is 5.10 Å². The van der Waals surface area contributed by atoms with E-state index >= 15 is 0 Å². The summed E-state index contributed by atoms with van der Waals surface area (Å²) in [6.45, 7) is 4.92. The van der Waals surface area contributed by atoms with Crippen LogP contribution in [0.25, 0.3) is 22.5 Å². The molecule has 0 radical (unpaired) electrons. The highest BCUT2D eigenvalue weighted by Crippen LogP contribution is 2.39. The summed E-state index contributed by atoms with van der Waals surface area (Å²) >= 11 is 0. The van der Waals surface area contributed by atoms with Crippen LogP contribution in [-0.2, 0) is 4.79 Å². The number of hydrogen-bond donors (Lipinski definition) is 3. The maximum Gasteiger partial charge on any atom is 0.248 e. The molecule has 0 spiro atoms. The van der Waals surface area contributed by atoms with Crippen LogP contribution in [-0.4, -0.2) is 55.8 Å². The Balaban J connectivity index is 1.49. The quantitative estimate of drug-likeness (QED) is 0.342. The Hall–Kier alpha value is -4.04. The summed E-state index contributed by atoms with van der Waals surface area (Å²) in [6, 6.07) is 20.5. The van der Waals surface area contributed by atoms with Crippen LogP contribution in [0.3, 0.4) is 0 Å². The molecule has 8 nitrogen and oxygen atoms in total. The highest BCUT2D eigenvalue weighted by molar-refractivity contribution is 5.82. The molecule has 1 saturated heterocycles. The van der Waals surface area contributed by atoms with E-state index in [1.165, 1.54) is 5.56 Å². The average Bonchev–Trinajstić information content (AvgIpc) is 3.39. The summed E-state index contributed by atoms with van der Waals surface area (Å²) in [7, 11) is 0. The molecule has 1 fully saturated rings. The molecule has 5 rings (SSSR count). The van der Waals surface area contributed by atoms with Crippen LogP contribution in [0.5, 0.6) is 0 Å². The zero-order chi connectivity index (χ0) is 25.8. The number of carbonyl (C=O) groups is 1. The molecule has 0 aliphatic carbocycles. The van der Waals surface area contributed by atoms with Crippen molar-refractivity contribution in [3.8, 4) is 22.5 Å². The summed E-state index contributed by atoms with van der Waals surface area (Å²) in [5.74, 6) is 0.529. The van der Waals surface area contributed by atoms with Crippen LogP contribution in [0, 0.1) is 6.92 Å². The van der Waals surface area contributed by atoms with Crippen molar-refractivity contribution in [1.82, 2.24) is 25.1 Å². The number of benzene rings is 2. The van der Waals surface area contributed by atoms with E-state index in [0.717, 1.165) is 46.6 Å². The number of piperidine rings is 1. The third-order valence-corrected chi connectivity index (χ3v) is 7.07. The SMILES string of the molecule is Cc1ccc(-c2n[nH]c(C3CCN(C(=O)CO)CC3)c2-c2ccnc(N[C@H](C)c3ccccc3)n2)cc1. The molecule has 0 saturated carbocycles. The molecule has 1 aliphatic rings. The zero-order valence-corrected chi connectivity index (χ0v) is 21.2. The number of amides is 1. The van der Waals surface area contributed by atoms with Gasteiger partial charge >= 0.3 is 0 Å². The van der Waals surface area contributed by atoms with Gasteiger partial charge in [0.25, 0.3) is 0 Å².